The van der Waals surface area contributed by atoms with Crippen molar-refractivity contribution in [1.82, 2.24) is 20.5 Å². The van der Waals surface area contributed by atoms with Crippen molar-refractivity contribution in [2.75, 3.05) is 29.0 Å². The Labute approximate surface area is 167 Å². The van der Waals surface area contributed by atoms with E-state index in [-0.39, 0.29) is 6.03 Å². The van der Waals surface area contributed by atoms with Gasteiger partial charge in [-0.3, -0.25) is 0 Å². The van der Waals surface area contributed by atoms with Crippen LogP contribution < -0.4 is 21.3 Å². The number of hydrogen-bond donors (Lipinski definition) is 4. The van der Waals surface area contributed by atoms with Crippen LogP contribution in [-0.4, -0.2) is 34.3 Å². The lowest BCUT2D eigenvalue weighted by Crippen LogP contribution is -2.32. The van der Waals surface area contributed by atoms with E-state index < -0.39 is 0 Å². The summed E-state index contributed by atoms with van der Waals surface area (Å²) in [5.74, 6) is 1.92. The third-order valence-corrected chi connectivity index (χ3v) is 3.87. The number of carbonyl (C=O) groups is 1. The summed E-state index contributed by atoms with van der Waals surface area (Å²) < 4.78 is 0. The highest BCUT2D eigenvalue weighted by Gasteiger charge is 2.03. The first-order valence-electron chi connectivity index (χ1n) is 8.66. The first-order valence-corrected chi connectivity index (χ1v) is 9.04. The Balaban J connectivity index is 1.39. The van der Waals surface area contributed by atoms with Gasteiger partial charge < -0.3 is 21.3 Å². The Morgan fingerprint density at radius 1 is 1.00 bits per heavy atom. The fourth-order valence-corrected chi connectivity index (χ4v) is 2.53. The van der Waals surface area contributed by atoms with Gasteiger partial charge in [-0.15, -0.1) is 10.2 Å². The van der Waals surface area contributed by atoms with Crippen LogP contribution in [0.5, 0.6) is 0 Å². The summed E-state index contributed by atoms with van der Waals surface area (Å²) in [6.07, 6.45) is 1.73. The predicted octanol–water partition coefficient (Wildman–Crippen LogP) is 3.81. The van der Waals surface area contributed by atoms with Crippen LogP contribution in [0.25, 0.3) is 0 Å². The molecule has 4 N–H and O–H groups in total. The van der Waals surface area contributed by atoms with Crippen molar-refractivity contribution >= 4 is 40.8 Å². The Hall–Kier alpha value is -3.39. The molecule has 0 fully saturated rings. The van der Waals surface area contributed by atoms with Gasteiger partial charge in [-0.05, 0) is 55.0 Å². The Kier molecular flexibility index (Phi) is 6.59. The molecular formula is C19H20ClN7O. The van der Waals surface area contributed by atoms with Crippen LogP contribution in [0.2, 0.25) is 5.02 Å². The first kappa shape index (κ1) is 19.4. The summed E-state index contributed by atoms with van der Waals surface area (Å²) in [6, 6.07) is 14.1. The molecule has 3 rings (SSSR count). The molecule has 9 heteroatoms. The van der Waals surface area contributed by atoms with Crippen molar-refractivity contribution in [2.24, 2.45) is 0 Å². The number of benzene rings is 1. The number of nitrogens with zero attached hydrogens (tertiary/aromatic N) is 3. The maximum Gasteiger partial charge on any atom is 0.319 e. The second-order valence-corrected chi connectivity index (χ2v) is 6.40. The van der Waals surface area contributed by atoms with E-state index in [0.29, 0.717) is 41.3 Å². The van der Waals surface area contributed by atoms with Crippen LogP contribution in [0.15, 0.2) is 54.7 Å². The fourth-order valence-electron chi connectivity index (χ4n) is 2.34. The zero-order chi connectivity index (χ0) is 19.8. The van der Waals surface area contributed by atoms with Crippen LogP contribution in [0.4, 0.5) is 27.9 Å². The molecule has 3 aromatic rings. The molecule has 0 aliphatic heterocycles. The lowest BCUT2D eigenvalue weighted by molar-refractivity contribution is 0.252. The minimum absolute atomic E-state index is 0.305. The second kappa shape index (κ2) is 9.52. The molecule has 1 aromatic carbocycles. The summed E-state index contributed by atoms with van der Waals surface area (Å²) >= 11 is 5.88. The molecule has 2 aromatic heterocycles. The zero-order valence-electron chi connectivity index (χ0n) is 15.2. The van der Waals surface area contributed by atoms with Crippen molar-refractivity contribution in [2.45, 2.75) is 6.92 Å². The SMILES string of the molecule is Cc1ccnc(Nc2ccc(NCCNC(=O)Nc3cccc(Cl)c3)nn2)c1. The number of halogens is 1. The third kappa shape index (κ3) is 6.10. The Morgan fingerprint density at radius 2 is 1.82 bits per heavy atom. The molecule has 0 bridgehead atoms. The Morgan fingerprint density at radius 3 is 2.57 bits per heavy atom. The summed E-state index contributed by atoms with van der Waals surface area (Å²) in [5, 5.41) is 20.4. The number of amides is 2. The van der Waals surface area contributed by atoms with Gasteiger partial charge in [0, 0.05) is 30.0 Å². The van der Waals surface area contributed by atoms with E-state index in [2.05, 4.69) is 36.4 Å². The normalized spacial score (nSPS) is 10.2. The van der Waals surface area contributed by atoms with E-state index in [0.717, 1.165) is 5.56 Å². The molecule has 0 atom stereocenters. The largest absolute Gasteiger partial charge is 0.367 e. The molecule has 0 radical (unpaired) electrons. The maximum absolute atomic E-state index is 11.8. The van der Waals surface area contributed by atoms with Crippen LogP contribution in [0.3, 0.4) is 0 Å². The van der Waals surface area contributed by atoms with Crippen LogP contribution in [-0.2, 0) is 0 Å². The average molecular weight is 398 g/mol. The number of rotatable bonds is 7. The molecule has 0 unspecified atom stereocenters. The van der Waals surface area contributed by atoms with E-state index in [1.54, 1.807) is 42.6 Å². The lowest BCUT2D eigenvalue weighted by Gasteiger charge is -2.09. The maximum atomic E-state index is 11.8. The van der Waals surface area contributed by atoms with E-state index in [1.165, 1.54) is 0 Å². The molecule has 0 spiro atoms. The molecule has 28 heavy (non-hydrogen) atoms. The van der Waals surface area contributed by atoms with Crippen molar-refractivity contribution in [3.05, 3.63) is 65.3 Å². The van der Waals surface area contributed by atoms with E-state index in [4.69, 9.17) is 11.6 Å². The van der Waals surface area contributed by atoms with Gasteiger partial charge in [0.15, 0.2) is 5.82 Å². The van der Waals surface area contributed by atoms with Crippen molar-refractivity contribution < 1.29 is 4.79 Å². The monoisotopic (exact) mass is 397 g/mol. The highest BCUT2D eigenvalue weighted by Crippen LogP contribution is 2.15. The third-order valence-electron chi connectivity index (χ3n) is 3.64. The molecule has 2 heterocycles. The van der Waals surface area contributed by atoms with E-state index >= 15 is 0 Å². The van der Waals surface area contributed by atoms with Gasteiger partial charge in [0.25, 0.3) is 0 Å². The number of urea groups is 1. The summed E-state index contributed by atoms with van der Waals surface area (Å²) in [7, 11) is 0. The number of aryl methyl sites for hydroxylation is 1. The standard InChI is InChI=1S/C19H20ClN7O/c1-13-7-8-21-18(11-13)25-17-6-5-16(26-27-17)22-9-10-23-19(28)24-15-4-2-3-14(20)12-15/h2-8,11-12H,9-10H2,1H3,(H,22,26)(H,21,25,27)(H2,23,24,28). The smallest absolute Gasteiger partial charge is 0.319 e. The van der Waals surface area contributed by atoms with Gasteiger partial charge >= 0.3 is 6.03 Å². The van der Waals surface area contributed by atoms with Gasteiger partial charge in [-0.25, -0.2) is 9.78 Å². The lowest BCUT2D eigenvalue weighted by atomic mass is 10.3. The predicted molar refractivity (Wildman–Crippen MR) is 111 cm³/mol. The number of carbonyl (C=O) groups excluding carboxylic acids is 1. The van der Waals surface area contributed by atoms with Crippen molar-refractivity contribution in [3.63, 3.8) is 0 Å². The number of anilines is 4. The van der Waals surface area contributed by atoms with Crippen molar-refractivity contribution in [3.8, 4) is 0 Å². The molecule has 0 aliphatic rings. The number of hydrogen-bond acceptors (Lipinski definition) is 6. The molecule has 8 nitrogen and oxygen atoms in total. The van der Waals surface area contributed by atoms with E-state index in [1.807, 2.05) is 19.1 Å². The fraction of sp³-hybridized carbons (Fsp3) is 0.158. The number of aromatic nitrogens is 3. The molecule has 0 saturated carbocycles. The van der Waals surface area contributed by atoms with Gasteiger partial charge in [0.2, 0.25) is 0 Å². The highest BCUT2D eigenvalue weighted by atomic mass is 35.5. The summed E-state index contributed by atoms with van der Waals surface area (Å²) in [6.45, 7) is 2.92. The first-order chi connectivity index (χ1) is 13.6. The quantitative estimate of drug-likeness (QED) is 0.452. The van der Waals surface area contributed by atoms with Gasteiger partial charge in [-0.2, -0.15) is 0 Å². The van der Waals surface area contributed by atoms with Crippen molar-refractivity contribution in [1.29, 1.82) is 0 Å². The summed E-state index contributed by atoms with van der Waals surface area (Å²) in [5.41, 5.74) is 1.74. The van der Waals surface area contributed by atoms with Gasteiger partial charge in [0.1, 0.15) is 11.6 Å². The minimum Gasteiger partial charge on any atom is -0.367 e. The van der Waals surface area contributed by atoms with Crippen LogP contribution in [0.1, 0.15) is 5.56 Å². The van der Waals surface area contributed by atoms with Crippen LogP contribution >= 0.6 is 11.6 Å². The number of pyridine rings is 1. The molecular weight excluding hydrogens is 378 g/mol. The zero-order valence-corrected chi connectivity index (χ0v) is 16.0. The molecule has 0 aliphatic carbocycles. The Bertz CT molecular complexity index is 934. The van der Waals surface area contributed by atoms with E-state index in [9.17, 15) is 4.79 Å². The minimum atomic E-state index is -0.305. The van der Waals surface area contributed by atoms with Gasteiger partial charge in [-0.1, -0.05) is 17.7 Å². The molecule has 0 saturated heterocycles. The molecule has 144 valence electrons. The average Bonchev–Trinajstić information content (AvgIpc) is 2.67. The molecule has 2 amide bonds. The van der Waals surface area contributed by atoms with Gasteiger partial charge in [0.05, 0.1) is 0 Å². The topological polar surface area (TPSA) is 104 Å². The summed E-state index contributed by atoms with van der Waals surface area (Å²) in [4.78, 5) is 16.1. The highest BCUT2D eigenvalue weighted by molar-refractivity contribution is 6.30. The van der Waals surface area contributed by atoms with Crippen LogP contribution in [0, 0.1) is 6.92 Å². The second-order valence-electron chi connectivity index (χ2n) is 5.97. The number of nitrogens with one attached hydrogen (secondary N) is 4.